The summed E-state index contributed by atoms with van der Waals surface area (Å²) in [6.45, 7) is 9.06. The minimum Gasteiger partial charge on any atom is -0.299 e. The molecule has 1 aliphatic rings. The van der Waals surface area contributed by atoms with Crippen LogP contribution in [0.15, 0.2) is 0 Å². The van der Waals surface area contributed by atoms with Crippen LogP contribution in [0.4, 0.5) is 0 Å². The highest BCUT2D eigenvalue weighted by Crippen LogP contribution is 2.31. The van der Waals surface area contributed by atoms with Crippen LogP contribution in [0.2, 0.25) is 0 Å². The van der Waals surface area contributed by atoms with Crippen molar-refractivity contribution >= 4 is 0 Å². The van der Waals surface area contributed by atoms with E-state index in [1.54, 1.807) is 0 Å². The van der Waals surface area contributed by atoms with Crippen LogP contribution in [-0.2, 0) is 0 Å². The Labute approximate surface area is 87.9 Å². The number of likely N-dealkylation sites (tertiary alicyclic amines) is 1. The standard InChI is InChI=1S/C12H22N2/c1-12(2,3)11-7-4-5-9-14(11)10-6-8-13/h11H,4-7,9-10H2,1-3H3. The summed E-state index contributed by atoms with van der Waals surface area (Å²) in [7, 11) is 0. The van der Waals surface area contributed by atoms with Crippen LogP contribution in [0.5, 0.6) is 0 Å². The highest BCUT2D eigenvalue weighted by atomic mass is 15.2. The summed E-state index contributed by atoms with van der Waals surface area (Å²) in [6.07, 6.45) is 4.63. The molecule has 0 saturated carbocycles. The molecule has 1 atom stereocenters. The Kier molecular flexibility index (Phi) is 3.95. The summed E-state index contributed by atoms with van der Waals surface area (Å²) < 4.78 is 0. The van der Waals surface area contributed by atoms with Crippen LogP contribution in [0.3, 0.4) is 0 Å². The van der Waals surface area contributed by atoms with Crippen LogP contribution in [0, 0.1) is 16.7 Å². The SMILES string of the molecule is CC(C)(C)C1CCCCN1CCC#N. The number of hydrogen-bond acceptors (Lipinski definition) is 2. The molecular weight excluding hydrogens is 172 g/mol. The molecule has 1 fully saturated rings. The summed E-state index contributed by atoms with van der Waals surface area (Å²) >= 11 is 0. The van der Waals surface area contributed by atoms with E-state index in [9.17, 15) is 0 Å². The zero-order valence-corrected chi connectivity index (χ0v) is 9.71. The van der Waals surface area contributed by atoms with Gasteiger partial charge >= 0.3 is 0 Å². The van der Waals surface area contributed by atoms with Crippen LogP contribution in [0.25, 0.3) is 0 Å². The minimum absolute atomic E-state index is 0.357. The largest absolute Gasteiger partial charge is 0.299 e. The Morgan fingerprint density at radius 2 is 2.07 bits per heavy atom. The Morgan fingerprint density at radius 1 is 1.36 bits per heavy atom. The molecule has 0 bridgehead atoms. The third kappa shape index (κ3) is 2.99. The van der Waals surface area contributed by atoms with Crippen molar-refractivity contribution in [2.24, 2.45) is 5.41 Å². The van der Waals surface area contributed by atoms with E-state index in [0.717, 1.165) is 6.54 Å². The van der Waals surface area contributed by atoms with E-state index in [4.69, 9.17) is 5.26 Å². The zero-order valence-electron chi connectivity index (χ0n) is 9.71. The van der Waals surface area contributed by atoms with E-state index in [1.807, 2.05) is 0 Å². The smallest absolute Gasteiger partial charge is 0.0635 e. The van der Waals surface area contributed by atoms with E-state index < -0.39 is 0 Å². The molecule has 0 radical (unpaired) electrons. The Bertz CT molecular complexity index is 209. The highest BCUT2D eigenvalue weighted by Gasteiger charge is 2.31. The first-order valence-corrected chi connectivity index (χ1v) is 5.66. The van der Waals surface area contributed by atoms with Crippen LogP contribution in [0.1, 0.15) is 46.5 Å². The van der Waals surface area contributed by atoms with Gasteiger partial charge in [-0.25, -0.2) is 0 Å². The Morgan fingerprint density at radius 3 is 2.64 bits per heavy atom. The molecule has 0 N–H and O–H groups in total. The second-order valence-electron chi connectivity index (χ2n) is 5.32. The molecule has 1 aliphatic heterocycles. The van der Waals surface area contributed by atoms with E-state index in [-0.39, 0.29) is 0 Å². The van der Waals surface area contributed by atoms with Crippen molar-refractivity contribution < 1.29 is 0 Å². The Hall–Kier alpha value is -0.550. The lowest BCUT2D eigenvalue weighted by atomic mass is 9.80. The molecule has 1 heterocycles. The number of nitrogens with zero attached hydrogens (tertiary/aromatic N) is 2. The van der Waals surface area contributed by atoms with Crippen LogP contribution < -0.4 is 0 Å². The monoisotopic (exact) mass is 194 g/mol. The maximum atomic E-state index is 8.61. The second kappa shape index (κ2) is 4.79. The third-order valence-electron chi connectivity index (χ3n) is 3.12. The van der Waals surface area contributed by atoms with Crippen molar-refractivity contribution in [2.75, 3.05) is 13.1 Å². The summed E-state index contributed by atoms with van der Waals surface area (Å²) in [5.74, 6) is 0. The number of rotatable bonds is 2. The van der Waals surface area contributed by atoms with Crippen molar-refractivity contribution in [2.45, 2.75) is 52.5 Å². The van der Waals surface area contributed by atoms with Crippen molar-refractivity contribution in [3.63, 3.8) is 0 Å². The van der Waals surface area contributed by atoms with Gasteiger partial charge in [0.2, 0.25) is 0 Å². The molecule has 1 unspecified atom stereocenters. The first-order valence-electron chi connectivity index (χ1n) is 5.66. The molecule has 0 amide bonds. The van der Waals surface area contributed by atoms with Crippen molar-refractivity contribution in [1.82, 2.24) is 4.90 Å². The van der Waals surface area contributed by atoms with Crippen LogP contribution >= 0.6 is 0 Å². The average molecular weight is 194 g/mol. The van der Waals surface area contributed by atoms with Gasteiger partial charge in [0.05, 0.1) is 6.07 Å². The van der Waals surface area contributed by atoms with Gasteiger partial charge in [-0.05, 0) is 24.8 Å². The maximum absolute atomic E-state index is 8.61. The van der Waals surface area contributed by atoms with Gasteiger partial charge in [0.15, 0.2) is 0 Å². The number of piperidine rings is 1. The van der Waals surface area contributed by atoms with E-state index >= 15 is 0 Å². The molecule has 80 valence electrons. The molecule has 1 saturated heterocycles. The third-order valence-corrected chi connectivity index (χ3v) is 3.12. The van der Waals surface area contributed by atoms with Gasteiger partial charge in [-0.15, -0.1) is 0 Å². The fraction of sp³-hybridized carbons (Fsp3) is 0.917. The number of nitriles is 1. The lowest BCUT2D eigenvalue weighted by Gasteiger charge is -2.43. The first kappa shape index (κ1) is 11.5. The first-order chi connectivity index (χ1) is 6.55. The summed E-state index contributed by atoms with van der Waals surface area (Å²) in [5, 5.41) is 8.61. The normalized spacial score (nSPS) is 24.6. The number of hydrogen-bond donors (Lipinski definition) is 0. The molecule has 1 rings (SSSR count). The topological polar surface area (TPSA) is 27.0 Å². The van der Waals surface area contributed by atoms with Gasteiger partial charge in [0, 0.05) is 19.0 Å². The molecule has 2 nitrogen and oxygen atoms in total. The molecule has 2 heteroatoms. The lowest BCUT2D eigenvalue weighted by Crippen LogP contribution is -2.47. The molecule has 0 aromatic heterocycles. The predicted molar refractivity (Wildman–Crippen MR) is 58.9 cm³/mol. The summed E-state index contributed by atoms with van der Waals surface area (Å²) in [4.78, 5) is 2.51. The molecule has 0 aliphatic carbocycles. The minimum atomic E-state index is 0.357. The average Bonchev–Trinajstić information content (AvgIpc) is 2.14. The molecule has 0 spiro atoms. The van der Waals surface area contributed by atoms with E-state index in [1.165, 1.54) is 25.8 Å². The molecule has 14 heavy (non-hydrogen) atoms. The van der Waals surface area contributed by atoms with Gasteiger partial charge in [-0.3, -0.25) is 4.90 Å². The van der Waals surface area contributed by atoms with Gasteiger partial charge in [-0.2, -0.15) is 5.26 Å². The lowest BCUT2D eigenvalue weighted by molar-refractivity contribution is 0.0659. The van der Waals surface area contributed by atoms with Gasteiger partial charge in [0.1, 0.15) is 0 Å². The Balaban J connectivity index is 2.56. The van der Waals surface area contributed by atoms with Crippen molar-refractivity contribution in [3.05, 3.63) is 0 Å². The molecular formula is C12H22N2. The highest BCUT2D eigenvalue weighted by molar-refractivity contribution is 4.87. The second-order valence-corrected chi connectivity index (χ2v) is 5.32. The van der Waals surface area contributed by atoms with E-state index in [2.05, 4.69) is 31.7 Å². The van der Waals surface area contributed by atoms with Gasteiger partial charge < -0.3 is 0 Å². The quantitative estimate of drug-likeness (QED) is 0.676. The summed E-state index contributed by atoms with van der Waals surface area (Å²) in [6, 6.07) is 2.92. The van der Waals surface area contributed by atoms with Crippen molar-refractivity contribution in [3.8, 4) is 6.07 Å². The maximum Gasteiger partial charge on any atom is 0.0635 e. The van der Waals surface area contributed by atoms with Gasteiger partial charge in [-0.1, -0.05) is 27.2 Å². The molecule has 0 aromatic rings. The fourth-order valence-corrected chi connectivity index (χ4v) is 2.43. The van der Waals surface area contributed by atoms with Crippen LogP contribution in [-0.4, -0.2) is 24.0 Å². The van der Waals surface area contributed by atoms with E-state index in [0.29, 0.717) is 17.9 Å². The molecule has 0 aromatic carbocycles. The predicted octanol–water partition coefficient (Wildman–Crippen LogP) is 2.80. The zero-order chi connectivity index (χ0) is 10.6. The van der Waals surface area contributed by atoms with Crippen molar-refractivity contribution in [1.29, 1.82) is 5.26 Å². The summed E-state index contributed by atoms with van der Waals surface area (Å²) in [5.41, 5.74) is 0.357. The van der Waals surface area contributed by atoms with Gasteiger partial charge in [0.25, 0.3) is 0 Å². The fourth-order valence-electron chi connectivity index (χ4n) is 2.43.